The SMILES string of the molecule is CCc1ccc(C(=O)NC(C)CCCO)cc1. The second-order valence-corrected chi connectivity index (χ2v) is 4.29. The van der Waals surface area contributed by atoms with E-state index in [0.29, 0.717) is 5.56 Å². The fraction of sp³-hybridized carbons (Fsp3) is 0.500. The van der Waals surface area contributed by atoms with E-state index in [1.807, 2.05) is 31.2 Å². The van der Waals surface area contributed by atoms with E-state index < -0.39 is 0 Å². The van der Waals surface area contributed by atoms with Crippen molar-refractivity contribution >= 4 is 5.91 Å². The van der Waals surface area contributed by atoms with Crippen molar-refractivity contribution in [1.82, 2.24) is 5.32 Å². The molecule has 1 aromatic carbocycles. The fourth-order valence-electron chi connectivity index (χ4n) is 1.67. The van der Waals surface area contributed by atoms with Crippen molar-refractivity contribution in [2.24, 2.45) is 0 Å². The Bertz CT molecular complexity index is 346. The minimum Gasteiger partial charge on any atom is -0.396 e. The predicted molar refractivity (Wildman–Crippen MR) is 69.1 cm³/mol. The van der Waals surface area contributed by atoms with Gasteiger partial charge in [-0.25, -0.2) is 0 Å². The summed E-state index contributed by atoms with van der Waals surface area (Å²) in [7, 11) is 0. The van der Waals surface area contributed by atoms with E-state index in [1.54, 1.807) is 0 Å². The maximum absolute atomic E-state index is 11.8. The van der Waals surface area contributed by atoms with E-state index in [4.69, 9.17) is 5.11 Å². The molecule has 3 heteroatoms. The number of nitrogens with one attached hydrogen (secondary N) is 1. The topological polar surface area (TPSA) is 49.3 Å². The lowest BCUT2D eigenvalue weighted by Crippen LogP contribution is -2.32. The van der Waals surface area contributed by atoms with Crippen molar-refractivity contribution in [1.29, 1.82) is 0 Å². The first-order chi connectivity index (χ1) is 8.17. The number of aliphatic hydroxyl groups is 1. The molecule has 1 atom stereocenters. The number of carbonyl (C=O) groups excluding carboxylic acids is 1. The molecular weight excluding hydrogens is 214 g/mol. The monoisotopic (exact) mass is 235 g/mol. The summed E-state index contributed by atoms with van der Waals surface area (Å²) in [5.74, 6) is -0.0434. The Morgan fingerprint density at radius 2 is 2.00 bits per heavy atom. The van der Waals surface area contributed by atoms with Crippen LogP contribution in [0.25, 0.3) is 0 Å². The summed E-state index contributed by atoms with van der Waals surface area (Å²) >= 11 is 0. The van der Waals surface area contributed by atoms with Gasteiger partial charge in [-0.15, -0.1) is 0 Å². The number of hydrogen-bond donors (Lipinski definition) is 2. The molecule has 1 unspecified atom stereocenters. The van der Waals surface area contributed by atoms with Crippen LogP contribution in [0.15, 0.2) is 24.3 Å². The average Bonchev–Trinajstić information content (AvgIpc) is 2.36. The van der Waals surface area contributed by atoms with Gasteiger partial charge in [0.2, 0.25) is 0 Å². The molecule has 1 amide bonds. The van der Waals surface area contributed by atoms with E-state index in [0.717, 1.165) is 19.3 Å². The zero-order chi connectivity index (χ0) is 12.7. The standard InChI is InChI=1S/C14H21NO2/c1-3-12-6-8-13(9-7-12)14(17)15-11(2)5-4-10-16/h6-9,11,16H,3-5,10H2,1-2H3,(H,15,17). The lowest BCUT2D eigenvalue weighted by molar-refractivity contribution is 0.0936. The van der Waals surface area contributed by atoms with Crippen molar-refractivity contribution in [2.45, 2.75) is 39.2 Å². The van der Waals surface area contributed by atoms with Crippen molar-refractivity contribution < 1.29 is 9.90 Å². The van der Waals surface area contributed by atoms with Crippen LogP contribution in [0.1, 0.15) is 42.6 Å². The Hall–Kier alpha value is -1.35. The Labute approximate surface area is 103 Å². The number of aryl methyl sites for hydroxylation is 1. The van der Waals surface area contributed by atoms with Crippen molar-refractivity contribution in [3.05, 3.63) is 35.4 Å². The van der Waals surface area contributed by atoms with Gasteiger partial charge in [0.1, 0.15) is 0 Å². The van der Waals surface area contributed by atoms with Crippen LogP contribution in [-0.2, 0) is 6.42 Å². The number of benzene rings is 1. The maximum Gasteiger partial charge on any atom is 0.251 e. The van der Waals surface area contributed by atoms with Gasteiger partial charge >= 0.3 is 0 Å². The van der Waals surface area contributed by atoms with Gasteiger partial charge in [0.15, 0.2) is 0 Å². The molecule has 0 aliphatic rings. The Balaban J connectivity index is 2.51. The summed E-state index contributed by atoms with van der Waals surface area (Å²) in [5.41, 5.74) is 1.92. The smallest absolute Gasteiger partial charge is 0.251 e. The predicted octanol–water partition coefficient (Wildman–Crippen LogP) is 2.14. The quantitative estimate of drug-likeness (QED) is 0.793. The van der Waals surface area contributed by atoms with Crippen LogP contribution in [-0.4, -0.2) is 23.7 Å². The van der Waals surface area contributed by atoms with Crippen LogP contribution in [0.3, 0.4) is 0 Å². The largest absolute Gasteiger partial charge is 0.396 e. The highest BCUT2D eigenvalue weighted by Gasteiger charge is 2.08. The van der Waals surface area contributed by atoms with Gasteiger partial charge in [-0.2, -0.15) is 0 Å². The zero-order valence-electron chi connectivity index (χ0n) is 10.6. The number of rotatable bonds is 6. The molecule has 17 heavy (non-hydrogen) atoms. The number of hydrogen-bond acceptors (Lipinski definition) is 2. The first-order valence-corrected chi connectivity index (χ1v) is 6.18. The lowest BCUT2D eigenvalue weighted by atomic mass is 10.1. The third-order valence-electron chi connectivity index (χ3n) is 2.80. The molecule has 0 bridgehead atoms. The average molecular weight is 235 g/mol. The van der Waals surface area contributed by atoms with Gasteiger partial charge in [-0.05, 0) is 43.9 Å². The van der Waals surface area contributed by atoms with Crippen LogP contribution >= 0.6 is 0 Å². The first-order valence-electron chi connectivity index (χ1n) is 6.18. The summed E-state index contributed by atoms with van der Waals surface area (Å²) in [5, 5.41) is 11.6. The Morgan fingerprint density at radius 3 is 2.53 bits per heavy atom. The highest BCUT2D eigenvalue weighted by molar-refractivity contribution is 5.94. The van der Waals surface area contributed by atoms with Gasteiger partial charge in [0.25, 0.3) is 5.91 Å². The van der Waals surface area contributed by atoms with Gasteiger partial charge in [0, 0.05) is 18.2 Å². The molecule has 0 heterocycles. The molecule has 0 saturated carbocycles. The minimum atomic E-state index is -0.0434. The van der Waals surface area contributed by atoms with Crippen LogP contribution in [0.5, 0.6) is 0 Å². The molecule has 0 spiro atoms. The molecule has 1 rings (SSSR count). The van der Waals surface area contributed by atoms with Gasteiger partial charge in [-0.1, -0.05) is 19.1 Å². The summed E-state index contributed by atoms with van der Waals surface area (Å²) < 4.78 is 0. The second-order valence-electron chi connectivity index (χ2n) is 4.29. The maximum atomic E-state index is 11.8. The Morgan fingerprint density at radius 1 is 1.35 bits per heavy atom. The third kappa shape index (κ3) is 4.57. The van der Waals surface area contributed by atoms with Crippen LogP contribution < -0.4 is 5.32 Å². The molecule has 0 aliphatic heterocycles. The molecule has 94 valence electrons. The normalized spacial score (nSPS) is 12.2. The Kier molecular flexibility index (Phi) is 5.70. The highest BCUT2D eigenvalue weighted by Crippen LogP contribution is 2.06. The molecule has 2 N–H and O–H groups in total. The molecule has 3 nitrogen and oxygen atoms in total. The fourth-order valence-corrected chi connectivity index (χ4v) is 1.67. The van der Waals surface area contributed by atoms with Crippen molar-refractivity contribution in [3.8, 4) is 0 Å². The molecule has 0 fully saturated rings. The van der Waals surface area contributed by atoms with Gasteiger partial charge in [-0.3, -0.25) is 4.79 Å². The second kappa shape index (κ2) is 7.07. The van der Waals surface area contributed by atoms with Crippen LogP contribution in [0.2, 0.25) is 0 Å². The number of aliphatic hydroxyl groups excluding tert-OH is 1. The summed E-state index contributed by atoms with van der Waals surface area (Å²) in [6.45, 7) is 4.21. The summed E-state index contributed by atoms with van der Waals surface area (Å²) in [6, 6.07) is 7.76. The first kappa shape index (κ1) is 13.7. The van der Waals surface area contributed by atoms with E-state index in [9.17, 15) is 4.79 Å². The molecule has 0 aromatic heterocycles. The van der Waals surface area contributed by atoms with Crippen LogP contribution in [0, 0.1) is 0 Å². The summed E-state index contributed by atoms with van der Waals surface area (Å²) in [6.07, 6.45) is 2.50. The third-order valence-corrected chi connectivity index (χ3v) is 2.80. The molecule has 0 aliphatic carbocycles. The van der Waals surface area contributed by atoms with Gasteiger partial charge < -0.3 is 10.4 Å². The zero-order valence-corrected chi connectivity index (χ0v) is 10.6. The lowest BCUT2D eigenvalue weighted by Gasteiger charge is -2.13. The molecule has 1 aromatic rings. The number of amides is 1. The number of carbonyl (C=O) groups is 1. The molecule has 0 radical (unpaired) electrons. The summed E-state index contributed by atoms with van der Waals surface area (Å²) in [4.78, 5) is 11.8. The molecule has 0 saturated heterocycles. The van der Waals surface area contributed by atoms with E-state index in [-0.39, 0.29) is 18.6 Å². The van der Waals surface area contributed by atoms with E-state index in [1.165, 1.54) is 5.56 Å². The molecular formula is C14H21NO2. The van der Waals surface area contributed by atoms with Crippen LogP contribution in [0.4, 0.5) is 0 Å². The van der Waals surface area contributed by atoms with E-state index >= 15 is 0 Å². The van der Waals surface area contributed by atoms with Crippen molar-refractivity contribution in [2.75, 3.05) is 6.61 Å². The van der Waals surface area contributed by atoms with Crippen molar-refractivity contribution in [3.63, 3.8) is 0 Å². The van der Waals surface area contributed by atoms with Gasteiger partial charge in [0.05, 0.1) is 0 Å². The highest BCUT2D eigenvalue weighted by atomic mass is 16.2. The minimum absolute atomic E-state index is 0.0434. The van der Waals surface area contributed by atoms with E-state index in [2.05, 4.69) is 12.2 Å².